The number of hydrogen-bond donors (Lipinski definition) is 2. The zero-order chi connectivity index (χ0) is 15.3. The molecule has 7 heteroatoms. The normalized spacial score (nSPS) is 11.5. The molecular weight excluding hydrogens is 328 g/mol. The van der Waals surface area contributed by atoms with Gasteiger partial charge in [-0.05, 0) is 42.1 Å². The Kier molecular flexibility index (Phi) is 5.64. The Labute approximate surface area is 134 Å². The highest BCUT2D eigenvalue weighted by Crippen LogP contribution is 2.25. The molecule has 0 aliphatic heterocycles. The summed E-state index contributed by atoms with van der Waals surface area (Å²) < 4.78 is 27.3. The van der Waals surface area contributed by atoms with Crippen molar-refractivity contribution >= 4 is 38.6 Å². The third kappa shape index (κ3) is 4.44. The topological polar surface area (TPSA) is 58.2 Å². The van der Waals surface area contributed by atoms with Crippen LogP contribution in [0, 0.1) is 0 Å². The van der Waals surface area contributed by atoms with E-state index in [9.17, 15) is 8.42 Å². The predicted molar refractivity (Wildman–Crippen MR) is 88.6 cm³/mol. The van der Waals surface area contributed by atoms with Crippen molar-refractivity contribution in [3.8, 4) is 0 Å². The van der Waals surface area contributed by atoms with Crippen LogP contribution in [0.25, 0.3) is 0 Å². The van der Waals surface area contributed by atoms with Crippen molar-refractivity contribution in [3.63, 3.8) is 0 Å². The van der Waals surface area contributed by atoms with E-state index in [1.807, 2.05) is 11.4 Å². The first-order valence-electron chi connectivity index (χ1n) is 6.57. The second-order valence-corrected chi connectivity index (χ2v) is 7.40. The van der Waals surface area contributed by atoms with Crippen LogP contribution < -0.4 is 10.0 Å². The van der Waals surface area contributed by atoms with E-state index in [-0.39, 0.29) is 9.92 Å². The largest absolute Gasteiger partial charge is 0.313 e. The fourth-order valence-corrected chi connectivity index (χ4v) is 4.07. The molecule has 0 saturated heterocycles. The van der Waals surface area contributed by atoms with E-state index in [4.69, 9.17) is 11.6 Å². The molecule has 4 nitrogen and oxygen atoms in total. The van der Waals surface area contributed by atoms with Gasteiger partial charge in [-0.15, -0.1) is 0 Å². The van der Waals surface area contributed by atoms with Crippen LogP contribution in [0.3, 0.4) is 0 Å². The molecule has 1 aromatic heterocycles. The second kappa shape index (κ2) is 7.26. The molecule has 0 unspecified atom stereocenters. The molecule has 0 saturated carbocycles. The van der Waals surface area contributed by atoms with E-state index in [0.717, 1.165) is 18.5 Å². The molecule has 1 heterocycles. The van der Waals surface area contributed by atoms with Crippen molar-refractivity contribution in [1.29, 1.82) is 0 Å². The Morgan fingerprint density at radius 2 is 2.10 bits per heavy atom. The van der Waals surface area contributed by atoms with Gasteiger partial charge in [0.1, 0.15) is 4.90 Å². The van der Waals surface area contributed by atoms with Gasteiger partial charge in [-0.3, -0.25) is 4.72 Å². The smallest absolute Gasteiger partial charge is 0.263 e. The van der Waals surface area contributed by atoms with Crippen LogP contribution in [0.5, 0.6) is 0 Å². The number of rotatable bonds is 7. The minimum Gasteiger partial charge on any atom is -0.313 e. The van der Waals surface area contributed by atoms with Crippen molar-refractivity contribution in [2.45, 2.75) is 24.8 Å². The first-order chi connectivity index (χ1) is 10.0. The van der Waals surface area contributed by atoms with E-state index in [1.165, 1.54) is 11.3 Å². The lowest BCUT2D eigenvalue weighted by Gasteiger charge is -2.10. The van der Waals surface area contributed by atoms with Crippen LogP contribution in [0.4, 0.5) is 5.69 Å². The summed E-state index contributed by atoms with van der Waals surface area (Å²) in [6, 6.07) is 6.77. The number of benzene rings is 1. The fourth-order valence-electron chi connectivity index (χ4n) is 1.81. The number of halogens is 1. The SMILES string of the molecule is CCCNCc1ccc(Cl)c(S(=O)(=O)Nc2ccsc2)c1. The Morgan fingerprint density at radius 3 is 2.76 bits per heavy atom. The van der Waals surface area contributed by atoms with Crippen LogP contribution >= 0.6 is 22.9 Å². The third-order valence-corrected chi connectivity index (χ3v) is 5.36. The van der Waals surface area contributed by atoms with E-state index in [1.54, 1.807) is 23.6 Å². The monoisotopic (exact) mass is 344 g/mol. The molecular formula is C14H17ClN2O2S2. The van der Waals surface area contributed by atoms with Gasteiger partial charge in [-0.1, -0.05) is 24.6 Å². The Bertz CT molecular complexity index is 685. The molecule has 114 valence electrons. The van der Waals surface area contributed by atoms with Gasteiger partial charge in [-0.2, -0.15) is 11.3 Å². The molecule has 1 aromatic carbocycles. The molecule has 21 heavy (non-hydrogen) atoms. The van der Waals surface area contributed by atoms with Gasteiger partial charge in [-0.25, -0.2) is 8.42 Å². The van der Waals surface area contributed by atoms with E-state index in [0.29, 0.717) is 12.2 Å². The summed E-state index contributed by atoms with van der Waals surface area (Å²) in [5, 5.41) is 7.00. The molecule has 2 aromatic rings. The van der Waals surface area contributed by atoms with Crippen LogP contribution in [-0.4, -0.2) is 15.0 Å². The molecule has 0 aliphatic rings. The summed E-state index contributed by atoms with van der Waals surface area (Å²) >= 11 is 7.47. The quantitative estimate of drug-likeness (QED) is 0.753. The average Bonchev–Trinajstić information content (AvgIpc) is 2.93. The standard InChI is InChI=1S/C14H17ClN2O2S2/c1-2-6-16-9-11-3-4-13(15)14(8-11)21(18,19)17-12-5-7-20-10-12/h3-5,7-8,10,16-17H,2,6,9H2,1H3. The summed E-state index contributed by atoms with van der Waals surface area (Å²) in [6.45, 7) is 3.58. The maximum Gasteiger partial charge on any atom is 0.263 e. The molecule has 0 fully saturated rings. The number of hydrogen-bond acceptors (Lipinski definition) is 4. The highest BCUT2D eigenvalue weighted by atomic mass is 35.5. The van der Waals surface area contributed by atoms with Crippen LogP contribution in [0.15, 0.2) is 39.9 Å². The van der Waals surface area contributed by atoms with Crippen molar-refractivity contribution in [1.82, 2.24) is 5.32 Å². The number of sulfonamides is 1. The lowest BCUT2D eigenvalue weighted by molar-refractivity contribution is 0.601. The van der Waals surface area contributed by atoms with Gasteiger partial charge in [0, 0.05) is 11.9 Å². The van der Waals surface area contributed by atoms with Crippen molar-refractivity contribution in [2.24, 2.45) is 0 Å². The van der Waals surface area contributed by atoms with E-state index >= 15 is 0 Å². The van der Waals surface area contributed by atoms with Gasteiger partial charge in [0.2, 0.25) is 0 Å². The summed E-state index contributed by atoms with van der Waals surface area (Å²) in [7, 11) is -3.67. The molecule has 0 bridgehead atoms. The van der Waals surface area contributed by atoms with E-state index in [2.05, 4.69) is 17.0 Å². The minimum atomic E-state index is -3.67. The lowest BCUT2D eigenvalue weighted by Crippen LogP contribution is -2.16. The second-order valence-electron chi connectivity index (χ2n) is 4.56. The molecule has 2 N–H and O–H groups in total. The number of anilines is 1. The van der Waals surface area contributed by atoms with Gasteiger partial charge < -0.3 is 5.32 Å². The van der Waals surface area contributed by atoms with Crippen LogP contribution in [0.2, 0.25) is 5.02 Å². The molecule has 0 radical (unpaired) electrons. The zero-order valence-electron chi connectivity index (χ0n) is 11.6. The molecule has 0 amide bonds. The van der Waals surface area contributed by atoms with Crippen molar-refractivity contribution in [2.75, 3.05) is 11.3 Å². The van der Waals surface area contributed by atoms with Gasteiger partial charge in [0.05, 0.1) is 10.7 Å². The van der Waals surface area contributed by atoms with Crippen molar-refractivity contribution in [3.05, 3.63) is 45.6 Å². The van der Waals surface area contributed by atoms with Gasteiger partial charge >= 0.3 is 0 Å². The fraction of sp³-hybridized carbons (Fsp3) is 0.286. The van der Waals surface area contributed by atoms with Crippen LogP contribution in [-0.2, 0) is 16.6 Å². The summed E-state index contributed by atoms with van der Waals surface area (Å²) in [6.07, 6.45) is 1.03. The Balaban J connectivity index is 2.22. The summed E-state index contributed by atoms with van der Waals surface area (Å²) in [4.78, 5) is 0.103. The highest BCUT2D eigenvalue weighted by molar-refractivity contribution is 7.92. The minimum absolute atomic E-state index is 0.103. The van der Waals surface area contributed by atoms with Crippen LogP contribution in [0.1, 0.15) is 18.9 Å². The number of thiophene rings is 1. The molecule has 0 spiro atoms. The summed E-state index contributed by atoms with van der Waals surface area (Å²) in [5.74, 6) is 0. The number of nitrogens with one attached hydrogen (secondary N) is 2. The Morgan fingerprint density at radius 1 is 1.29 bits per heavy atom. The first kappa shape index (κ1) is 16.3. The molecule has 2 rings (SSSR count). The third-order valence-electron chi connectivity index (χ3n) is 2.81. The van der Waals surface area contributed by atoms with Gasteiger partial charge in [0.25, 0.3) is 10.0 Å². The van der Waals surface area contributed by atoms with Crippen molar-refractivity contribution < 1.29 is 8.42 Å². The zero-order valence-corrected chi connectivity index (χ0v) is 14.0. The van der Waals surface area contributed by atoms with E-state index < -0.39 is 10.0 Å². The van der Waals surface area contributed by atoms with Gasteiger partial charge in [0.15, 0.2) is 0 Å². The predicted octanol–water partition coefficient (Wildman–Crippen LogP) is 3.70. The maximum atomic E-state index is 12.4. The lowest BCUT2D eigenvalue weighted by atomic mass is 10.2. The molecule has 0 aliphatic carbocycles. The first-order valence-corrected chi connectivity index (χ1v) is 9.37. The molecule has 0 atom stereocenters. The highest BCUT2D eigenvalue weighted by Gasteiger charge is 2.18. The maximum absolute atomic E-state index is 12.4. The Hall–Kier alpha value is -1.08. The average molecular weight is 345 g/mol. The summed E-state index contributed by atoms with van der Waals surface area (Å²) in [5.41, 5.74) is 1.43.